The van der Waals surface area contributed by atoms with Crippen LogP contribution in [0.2, 0.25) is 4.34 Å². The highest BCUT2D eigenvalue weighted by Crippen LogP contribution is 2.26. The SMILES string of the molecule is Cc1occc1SCC(=O)c1ccc(Cl)s1. The predicted molar refractivity (Wildman–Crippen MR) is 67.8 cm³/mol. The highest BCUT2D eigenvalue weighted by atomic mass is 35.5. The van der Waals surface area contributed by atoms with Crippen molar-refractivity contribution in [3.05, 3.63) is 39.4 Å². The fourth-order valence-corrected chi connectivity index (χ4v) is 3.12. The lowest BCUT2D eigenvalue weighted by Crippen LogP contribution is -1.98. The molecule has 0 radical (unpaired) electrons. The van der Waals surface area contributed by atoms with Crippen molar-refractivity contribution in [1.29, 1.82) is 0 Å². The number of thiophene rings is 1. The summed E-state index contributed by atoms with van der Waals surface area (Å²) < 4.78 is 5.80. The number of carbonyl (C=O) groups is 1. The van der Waals surface area contributed by atoms with E-state index in [1.807, 2.05) is 13.0 Å². The summed E-state index contributed by atoms with van der Waals surface area (Å²) in [5.41, 5.74) is 0. The Balaban J connectivity index is 1.96. The molecule has 84 valence electrons. The van der Waals surface area contributed by atoms with Crippen LogP contribution in [-0.4, -0.2) is 11.5 Å². The second-order valence-electron chi connectivity index (χ2n) is 3.16. The first kappa shape index (κ1) is 11.8. The number of hydrogen-bond acceptors (Lipinski definition) is 4. The van der Waals surface area contributed by atoms with E-state index < -0.39 is 0 Å². The van der Waals surface area contributed by atoms with Gasteiger partial charge >= 0.3 is 0 Å². The summed E-state index contributed by atoms with van der Waals surface area (Å²) >= 11 is 8.58. The van der Waals surface area contributed by atoms with E-state index in [-0.39, 0.29) is 5.78 Å². The highest BCUT2D eigenvalue weighted by Gasteiger charge is 2.10. The van der Waals surface area contributed by atoms with Crippen molar-refractivity contribution in [2.24, 2.45) is 0 Å². The van der Waals surface area contributed by atoms with Gasteiger partial charge in [-0.05, 0) is 25.1 Å². The molecule has 0 aliphatic rings. The van der Waals surface area contributed by atoms with Gasteiger partial charge in [-0.2, -0.15) is 0 Å². The van der Waals surface area contributed by atoms with Gasteiger partial charge in [0, 0.05) is 4.90 Å². The lowest BCUT2D eigenvalue weighted by atomic mass is 10.4. The monoisotopic (exact) mass is 272 g/mol. The Kier molecular flexibility index (Phi) is 3.74. The quantitative estimate of drug-likeness (QED) is 0.615. The van der Waals surface area contributed by atoms with Crippen molar-refractivity contribution >= 4 is 40.5 Å². The zero-order chi connectivity index (χ0) is 11.5. The third-order valence-corrected chi connectivity index (χ3v) is 4.43. The Morgan fingerprint density at radius 3 is 2.88 bits per heavy atom. The maximum absolute atomic E-state index is 11.8. The molecular weight excluding hydrogens is 264 g/mol. The van der Waals surface area contributed by atoms with Gasteiger partial charge in [-0.25, -0.2) is 0 Å². The molecule has 2 nitrogen and oxygen atoms in total. The summed E-state index contributed by atoms with van der Waals surface area (Å²) in [7, 11) is 0. The summed E-state index contributed by atoms with van der Waals surface area (Å²) in [6, 6.07) is 5.38. The molecule has 0 saturated heterocycles. The van der Waals surface area contributed by atoms with E-state index in [0.29, 0.717) is 15.0 Å². The molecule has 2 aromatic heterocycles. The summed E-state index contributed by atoms with van der Waals surface area (Å²) in [6.07, 6.45) is 1.63. The van der Waals surface area contributed by atoms with Gasteiger partial charge < -0.3 is 4.42 Å². The van der Waals surface area contributed by atoms with Crippen molar-refractivity contribution in [3.63, 3.8) is 0 Å². The second-order valence-corrected chi connectivity index (χ2v) is 5.89. The number of furan rings is 1. The third-order valence-electron chi connectivity index (χ3n) is 2.02. The second kappa shape index (κ2) is 5.08. The number of rotatable bonds is 4. The normalized spacial score (nSPS) is 10.6. The molecule has 0 N–H and O–H groups in total. The largest absolute Gasteiger partial charge is 0.468 e. The van der Waals surface area contributed by atoms with Gasteiger partial charge in [0.2, 0.25) is 0 Å². The summed E-state index contributed by atoms with van der Waals surface area (Å²) in [5, 5.41) is 0. The first-order valence-corrected chi connectivity index (χ1v) is 6.80. The topological polar surface area (TPSA) is 30.2 Å². The molecule has 0 aliphatic heterocycles. The van der Waals surface area contributed by atoms with E-state index in [9.17, 15) is 4.79 Å². The zero-order valence-electron chi connectivity index (χ0n) is 8.53. The average Bonchev–Trinajstić information content (AvgIpc) is 2.84. The van der Waals surface area contributed by atoms with Crippen LogP contribution in [0.5, 0.6) is 0 Å². The van der Waals surface area contributed by atoms with E-state index in [2.05, 4.69) is 0 Å². The summed E-state index contributed by atoms with van der Waals surface area (Å²) in [6.45, 7) is 1.88. The van der Waals surface area contributed by atoms with E-state index in [0.717, 1.165) is 10.7 Å². The van der Waals surface area contributed by atoms with Crippen molar-refractivity contribution in [1.82, 2.24) is 0 Å². The van der Waals surface area contributed by atoms with Gasteiger partial charge in [-0.1, -0.05) is 11.6 Å². The molecular formula is C11H9ClO2S2. The van der Waals surface area contributed by atoms with Gasteiger partial charge in [0.05, 0.1) is 21.2 Å². The molecule has 0 bridgehead atoms. The molecule has 2 rings (SSSR count). The van der Waals surface area contributed by atoms with Crippen molar-refractivity contribution in [2.75, 3.05) is 5.75 Å². The van der Waals surface area contributed by atoms with Crippen LogP contribution in [0.3, 0.4) is 0 Å². The van der Waals surface area contributed by atoms with E-state index in [4.69, 9.17) is 16.0 Å². The Hall–Kier alpha value is -0.710. The Morgan fingerprint density at radius 1 is 1.50 bits per heavy atom. The van der Waals surface area contributed by atoms with Crippen LogP contribution in [0.15, 0.2) is 33.8 Å². The van der Waals surface area contributed by atoms with Gasteiger partial charge in [-0.3, -0.25) is 4.79 Å². The number of thioether (sulfide) groups is 1. The minimum atomic E-state index is 0.0995. The van der Waals surface area contributed by atoms with Gasteiger partial charge in [0.25, 0.3) is 0 Å². The zero-order valence-corrected chi connectivity index (χ0v) is 10.9. The van der Waals surface area contributed by atoms with Crippen molar-refractivity contribution < 1.29 is 9.21 Å². The molecule has 2 aromatic rings. The first-order valence-electron chi connectivity index (χ1n) is 4.62. The molecule has 16 heavy (non-hydrogen) atoms. The minimum absolute atomic E-state index is 0.0995. The van der Waals surface area contributed by atoms with Crippen molar-refractivity contribution in [2.45, 2.75) is 11.8 Å². The maximum Gasteiger partial charge on any atom is 0.183 e. The van der Waals surface area contributed by atoms with Crippen molar-refractivity contribution in [3.8, 4) is 0 Å². The molecule has 0 aliphatic carbocycles. The van der Waals surface area contributed by atoms with Gasteiger partial charge in [-0.15, -0.1) is 23.1 Å². The third kappa shape index (κ3) is 2.70. The molecule has 0 spiro atoms. The predicted octanol–water partition coefficient (Wildman–Crippen LogP) is 4.28. The lowest BCUT2D eigenvalue weighted by Gasteiger charge is -1.97. The van der Waals surface area contributed by atoms with Gasteiger partial charge in [0.15, 0.2) is 5.78 Å². The van der Waals surface area contributed by atoms with Crippen LogP contribution >= 0.6 is 34.7 Å². The Bertz CT molecular complexity index is 502. The van der Waals surface area contributed by atoms with Crippen LogP contribution in [0.1, 0.15) is 15.4 Å². The standard InChI is InChI=1S/C11H9ClO2S2/c1-7-9(4-5-14-7)15-6-8(13)10-2-3-11(12)16-10/h2-5H,6H2,1H3. The molecule has 0 fully saturated rings. The molecule has 0 atom stereocenters. The number of halogens is 1. The van der Waals surface area contributed by atoms with Gasteiger partial charge in [0.1, 0.15) is 5.76 Å². The van der Waals surface area contributed by atoms with Crippen LogP contribution in [0.4, 0.5) is 0 Å². The maximum atomic E-state index is 11.8. The minimum Gasteiger partial charge on any atom is -0.468 e. The molecule has 2 heterocycles. The fourth-order valence-electron chi connectivity index (χ4n) is 1.20. The number of ketones is 1. The highest BCUT2D eigenvalue weighted by molar-refractivity contribution is 8.00. The van der Waals surface area contributed by atoms with E-state index in [1.165, 1.54) is 23.1 Å². The number of Topliss-reactive ketones (excluding diaryl/α,β-unsaturated/α-hetero) is 1. The van der Waals surface area contributed by atoms with Crippen LogP contribution < -0.4 is 0 Å². The number of carbonyl (C=O) groups excluding carboxylic acids is 1. The average molecular weight is 273 g/mol. The van der Waals surface area contributed by atoms with Crippen LogP contribution in [0.25, 0.3) is 0 Å². The fraction of sp³-hybridized carbons (Fsp3) is 0.182. The lowest BCUT2D eigenvalue weighted by molar-refractivity contribution is 0.102. The van der Waals surface area contributed by atoms with E-state index in [1.54, 1.807) is 18.4 Å². The number of hydrogen-bond donors (Lipinski definition) is 0. The molecule has 0 aromatic carbocycles. The number of aryl methyl sites for hydroxylation is 1. The smallest absolute Gasteiger partial charge is 0.183 e. The molecule has 0 unspecified atom stereocenters. The Labute approximate surface area is 107 Å². The van der Waals surface area contributed by atoms with E-state index >= 15 is 0 Å². The van der Waals surface area contributed by atoms with Crippen LogP contribution in [-0.2, 0) is 0 Å². The summed E-state index contributed by atoms with van der Waals surface area (Å²) in [4.78, 5) is 13.5. The molecule has 5 heteroatoms. The molecule has 0 amide bonds. The Morgan fingerprint density at radius 2 is 2.31 bits per heavy atom. The first-order chi connectivity index (χ1) is 7.66. The van der Waals surface area contributed by atoms with Crippen LogP contribution in [0, 0.1) is 6.92 Å². The summed E-state index contributed by atoms with van der Waals surface area (Å²) in [5.74, 6) is 1.36. The molecule has 0 saturated carbocycles.